The van der Waals surface area contributed by atoms with Gasteiger partial charge in [0, 0.05) is 5.70 Å². The number of hydrogen-bond donors (Lipinski definition) is 2. The minimum Gasteiger partial charge on any atom is -0.378 e. The Kier molecular flexibility index (Phi) is 6.46. The Morgan fingerprint density at radius 2 is 1.75 bits per heavy atom. The van der Waals surface area contributed by atoms with Crippen LogP contribution in [0.1, 0.15) is 40.5 Å². The lowest BCUT2D eigenvalue weighted by molar-refractivity contribution is -0.127. The first-order valence-corrected chi connectivity index (χ1v) is 5.63. The number of nitrogens with one attached hydrogen (secondary N) is 2. The van der Waals surface area contributed by atoms with Crippen molar-refractivity contribution in [3.63, 3.8) is 0 Å². The molecule has 0 saturated carbocycles. The fourth-order valence-corrected chi connectivity index (χ4v) is 1.19. The molecule has 1 amide bonds. The van der Waals surface area contributed by atoms with Crippen molar-refractivity contribution in [3.8, 4) is 0 Å². The summed E-state index contributed by atoms with van der Waals surface area (Å²) < 4.78 is 0. The predicted molar refractivity (Wildman–Crippen MR) is 64.9 cm³/mol. The number of carbonyl (C=O) groups excluding carboxylic acids is 2. The van der Waals surface area contributed by atoms with Gasteiger partial charge in [-0.15, -0.1) is 0 Å². The highest BCUT2D eigenvalue weighted by molar-refractivity contribution is 5.89. The number of carbonyl (C=O) groups is 2. The number of allylic oxidation sites excluding steroid dienone is 1. The molecule has 0 rings (SSSR count). The zero-order valence-corrected chi connectivity index (χ0v) is 10.6. The molecule has 16 heavy (non-hydrogen) atoms. The summed E-state index contributed by atoms with van der Waals surface area (Å²) >= 11 is 0. The largest absolute Gasteiger partial charge is 0.378 e. The van der Waals surface area contributed by atoms with E-state index in [1.54, 1.807) is 13.8 Å². The standard InChI is InChI=1S/C12H22N2O2/c1-6-7-8(2)13-10(4)12(16)14-9(3)11(5)15/h9-10,13H,2,6-7H2,1,3-5H3,(H,14,16)/t9-,10+/m1/s1. The van der Waals surface area contributed by atoms with Crippen molar-refractivity contribution in [2.24, 2.45) is 0 Å². The molecule has 0 aromatic heterocycles. The fraction of sp³-hybridized carbons (Fsp3) is 0.667. The molecule has 4 nitrogen and oxygen atoms in total. The van der Waals surface area contributed by atoms with Crippen molar-refractivity contribution >= 4 is 11.7 Å². The van der Waals surface area contributed by atoms with E-state index in [2.05, 4.69) is 24.1 Å². The number of hydrogen-bond acceptors (Lipinski definition) is 3. The molecule has 2 atom stereocenters. The first-order valence-electron chi connectivity index (χ1n) is 5.63. The van der Waals surface area contributed by atoms with E-state index in [-0.39, 0.29) is 17.7 Å². The molecular formula is C12H22N2O2. The van der Waals surface area contributed by atoms with Gasteiger partial charge in [-0.2, -0.15) is 0 Å². The fourth-order valence-electron chi connectivity index (χ4n) is 1.19. The molecule has 0 aliphatic heterocycles. The average Bonchev–Trinajstić information content (AvgIpc) is 2.17. The van der Waals surface area contributed by atoms with E-state index in [0.29, 0.717) is 0 Å². The van der Waals surface area contributed by atoms with Gasteiger partial charge in [0.15, 0.2) is 5.78 Å². The molecule has 0 aromatic carbocycles. The van der Waals surface area contributed by atoms with E-state index in [1.807, 2.05) is 0 Å². The number of Topliss-reactive ketones (excluding diaryl/α,β-unsaturated/α-hetero) is 1. The molecule has 0 aromatic rings. The zero-order valence-electron chi connectivity index (χ0n) is 10.6. The molecule has 0 aliphatic rings. The molecule has 0 radical (unpaired) electrons. The van der Waals surface area contributed by atoms with Gasteiger partial charge in [0.1, 0.15) is 6.04 Å². The molecule has 0 fully saturated rings. The molecule has 2 N–H and O–H groups in total. The van der Waals surface area contributed by atoms with Crippen molar-refractivity contribution in [2.75, 3.05) is 0 Å². The van der Waals surface area contributed by atoms with Crippen LogP contribution >= 0.6 is 0 Å². The van der Waals surface area contributed by atoms with Crippen LogP contribution in [-0.2, 0) is 9.59 Å². The van der Waals surface area contributed by atoms with Crippen LogP contribution in [0.25, 0.3) is 0 Å². The Morgan fingerprint density at radius 3 is 2.19 bits per heavy atom. The van der Waals surface area contributed by atoms with E-state index in [1.165, 1.54) is 6.92 Å². The molecule has 0 aliphatic carbocycles. The lowest BCUT2D eigenvalue weighted by Crippen LogP contribution is -2.47. The second-order valence-electron chi connectivity index (χ2n) is 4.06. The van der Waals surface area contributed by atoms with Crippen LogP contribution in [0.5, 0.6) is 0 Å². The second-order valence-corrected chi connectivity index (χ2v) is 4.06. The molecule has 0 unspecified atom stereocenters. The summed E-state index contributed by atoms with van der Waals surface area (Å²) in [6, 6.07) is -0.794. The maximum atomic E-state index is 11.6. The molecule has 0 bridgehead atoms. The van der Waals surface area contributed by atoms with Crippen molar-refractivity contribution in [3.05, 3.63) is 12.3 Å². The Morgan fingerprint density at radius 1 is 1.19 bits per heavy atom. The molecule has 92 valence electrons. The number of amides is 1. The summed E-state index contributed by atoms with van der Waals surface area (Å²) in [7, 11) is 0. The van der Waals surface area contributed by atoms with E-state index in [4.69, 9.17) is 0 Å². The lowest BCUT2D eigenvalue weighted by atomic mass is 10.2. The number of rotatable bonds is 7. The van der Waals surface area contributed by atoms with Crippen LogP contribution in [0.3, 0.4) is 0 Å². The third-order valence-electron chi connectivity index (χ3n) is 2.33. The summed E-state index contributed by atoms with van der Waals surface area (Å²) in [6.07, 6.45) is 1.84. The third kappa shape index (κ3) is 5.53. The van der Waals surface area contributed by atoms with Crippen LogP contribution in [0.2, 0.25) is 0 Å². The molecule has 0 heterocycles. The Labute approximate surface area is 97.5 Å². The summed E-state index contributed by atoms with van der Waals surface area (Å²) in [6.45, 7) is 10.8. The highest BCUT2D eigenvalue weighted by Crippen LogP contribution is 1.99. The van der Waals surface area contributed by atoms with Crippen molar-refractivity contribution in [1.29, 1.82) is 0 Å². The van der Waals surface area contributed by atoms with Gasteiger partial charge in [-0.1, -0.05) is 19.9 Å². The topological polar surface area (TPSA) is 58.2 Å². The summed E-state index contributed by atoms with van der Waals surface area (Å²) in [5, 5.41) is 5.64. The van der Waals surface area contributed by atoms with Crippen LogP contribution in [0.4, 0.5) is 0 Å². The van der Waals surface area contributed by atoms with E-state index in [9.17, 15) is 9.59 Å². The average molecular weight is 226 g/mol. The third-order valence-corrected chi connectivity index (χ3v) is 2.33. The summed E-state index contributed by atoms with van der Waals surface area (Å²) in [4.78, 5) is 22.6. The molecule has 4 heteroatoms. The second kappa shape index (κ2) is 7.04. The lowest BCUT2D eigenvalue weighted by Gasteiger charge is -2.18. The Balaban J connectivity index is 4.08. The maximum absolute atomic E-state index is 11.6. The maximum Gasteiger partial charge on any atom is 0.242 e. The van der Waals surface area contributed by atoms with Gasteiger partial charge in [-0.25, -0.2) is 0 Å². The van der Waals surface area contributed by atoms with Crippen LogP contribution in [0.15, 0.2) is 12.3 Å². The van der Waals surface area contributed by atoms with Gasteiger partial charge in [0.25, 0.3) is 0 Å². The highest BCUT2D eigenvalue weighted by Gasteiger charge is 2.16. The molecular weight excluding hydrogens is 204 g/mol. The van der Waals surface area contributed by atoms with Gasteiger partial charge in [-0.05, 0) is 27.2 Å². The van der Waals surface area contributed by atoms with Crippen molar-refractivity contribution in [1.82, 2.24) is 10.6 Å². The van der Waals surface area contributed by atoms with Crippen LogP contribution < -0.4 is 10.6 Å². The SMILES string of the molecule is C=C(CCC)N[C@@H](C)C(=O)N[C@H](C)C(C)=O. The van der Waals surface area contributed by atoms with Crippen LogP contribution in [-0.4, -0.2) is 23.8 Å². The Hall–Kier alpha value is -1.32. The summed E-state index contributed by atoms with van der Waals surface area (Å²) in [5.41, 5.74) is 0.848. The van der Waals surface area contributed by atoms with Gasteiger partial charge >= 0.3 is 0 Å². The zero-order chi connectivity index (χ0) is 12.7. The highest BCUT2D eigenvalue weighted by atomic mass is 16.2. The minimum atomic E-state index is -0.434. The van der Waals surface area contributed by atoms with Gasteiger partial charge in [-0.3, -0.25) is 9.59 Å². The van der Waals surface area contributed by atoms with Gasteiger partial charge < -0.3 is 10.6 Å². The predicted octanol–water partition coefficient (Wildman–Crippen LogP) is 1.37. The van der Waals surface area contributed by atoms with Crippen molar-refractivity contribution < 1.29 is 9.59 Å². The van der Waals surface area contributed by atoms with E-state index >= 15 is 0 Å². The van der Waals surface area contributed by atoms with Crippen LogP contribution in [0, 0.1) is 0 Å². The van der Waals surface area contributed by atoms with E-state index < -0.39 is 6.04 Å². The smallest absolute Gasteiger partial charge is 0.242 e. The number of ketones is 1. The quantitative estimate of drug-likeness (QED) is 0.689. The Bertz CT molecular complexity index is 274. The molecule has 0 spiro atoms. The van der Waals surface area contributed by atoms with Gasteiger partial charge in [0.2, 0.25) is 5.91 Å². The first kappa shape index (κ1) is 14.7. The summed E-state index contributed by atoms with van der Waals surface area (Å²) in [5.74, 6) is -0.229. The van der Waals surface area contributed by atoms with Gasteiger partial charge in [0.05, 0.1) is 6.04 Å². The first-order chi connectivity index (χ1) is 7.38. The molecule has 0 saturated heterocycles. The normalized spacial score (nSPS) is 13.8. The minimum absolute atomic E-state index is 0.0482. The van der Waals surface area contributed by atoms with Crippen molar-refractivity contribution in [2.45, 2.75) is 52.6 Å². The van der Waals surface area contributed by atoms with E-state index in [0.717, 1.165) is 18.5 Å². The monoisotopic (exact) mass is 226 g/mol.